The molecule has 6 nitrogen and oxygen atoms in total. The Kier molecular flexibility index (Phi) is 5.25. The Morgan fingerprint density at radius 3 is 2.35 bits per heavy atom. The molecule has 2 aromatic rings. The van der Waals surface area contributed by atoms with E-state index in [-0.39, 0.29) is 11.4 Å². The Balaban J connectivity index is 2.06. The van der Waals surface area contributed by atoms with Crippen LogP contribution in [0.4, 0.5) is 5.69 Å². The van der Waals surface area contributed by atoms with Gasteiger partial charge in [0, 0.05) is 12.6 Å². The second kappa shape index (κ2) is 7.17. The average molecular weight is 332 g/mol. The van der Waals surface area contributed by atoms with Gasteiger partial charge in [-0.3, -0.25) is 10.1 Å². The van der Waals surface area contributed by atoms with E-state index in [9.17, 15) is 18.5 Å². The molecule has 1 N–H and O–H groups in total. The van der Waals surface area contributed by atoms with E-state index < -0.39 is 20.6 Å². The van der Waals surface area contributed by atoms with Crippen molar-refractivity contribution in [3.05, 3.63) is 76.9 Å². The van der Waals surface area contributed by atoms with E-state index in [1.165, 1.54) is 18.2 Å². The van der Waals surface area contributed by atoms with Gasteiger partial charge in [-0.05, 0) is 23.6 Å². The molecule has 2 aromatic carbocycles. The number of hydrogen-bond donors (Lipinski definition) is 1. The number of hydrogen-bond acceptors (Lipinski definition) is 4. The van der Waals surface area contributed by atoms with Crippen LogP contribution in [0.25, 0.3) is 5.57 Å². The standard InChI is InChI=1S/C16H16N2O4S/c1-13(14-7-3-2-4-8-14)11-12-17-23(21,22)16-10-6-5-9-15(16)18(19)20/h2-10,17H,1,11-12H2. The average Bonchev–Trinajstić information content (AvgIpc) is 2.55. The fourth-order valence-corrected chi connectivity index (χ4v) is 3.27. The maximum absolute atomic E-state index is 12.2. The van der Waals surface area contributed by atoms with Crippen molar-refractivity contribution >= 4 is 21.3 Å². The highest BCUT2D eigenvalue weighted by Crippen LogP contribution is 2.23. The number of para-hydroxylation sites is 1. The van der Waals surface area contributed by atoms with E-state index in [1.54, 1.807) is 0 Å². The van der Waals surface area contributed by atoms with Gasteiger partial charge < -0.3 is 0 Å². The van der Waals surface area contributed by atoms with Crippen LogP contribution < -0.4 is 4.72 Å². The third kappa shape index (κ3) is 4.24. The molecule has 0 fully saturated rings. The first kappa shape index (κ1) is 16.9. The maximum Gasteiger partial charge on any atom is 0.289 e. The molecule has 0 saturated carbocycles. The molecule has 0 atom stereocenters. The van der Waals surface area contributed by atoms with Crippen molar-refractivity contribution in [2.75, 3.05) is 6.54 Å². The van der Waals surface area contributed by atoms with Crippen molar-refractivity contribution in [1.29, 1.82) is 0 Å². The molecule has 0 aliphatic rings. The van der Waals surface area contributed by atoms with Crippen LogP contribution in [0.2, 0.25) is 0 Å². The van der Waals surface area contributed by atoms with E-state index in [2.05, 4.69) is 11.3 Å². The van der Waals surface area contributed by atoms with Crippen molar-refractivity contribution in [3.63, 3.8) is 0 Å². The predicted octanol–water partition coefficient (Wildman–Crippen LogP) is 2.98. The highest BCUT2D eigenvalue weighted by Gasteiger charge is 2.24. The minimum Gasteiger partial charge on any atom is -0.258 e. The number of benzene rings is 2. The van der Waals surface area contributed by atoms with Gasteiger partial charge in [-0.15, -0.1) is 0 Å². The summed E-state index contributed by atoms with van der Waals surface area (Å²) in [5, 5.41) is 10.9. The zero-order valence-corrected chi connectivity index (χ0v) is 13.1. The number of nitrogens with zero attached hydrogens (tertiary/aromatic N) is 1. The number of nitro groups is 1. The van der Waals surface area contributed by atoms with Gasteiger partial charge in [0.15, 0.2) is 4.90 Å². The van der Waals surface area contributed by atoms with Crippen LogP contribution in [0.15, 0.2) is 66.1 Å². The largest absolute Gasteiger partial charge is 0.289 e. The zero-order chi connectivity index (χ0) is 16.9. The SMILES string of the molecule is C=C(CCNS(=O)(=O)c1ccccc1[N+](=O)[O-])c1ccccc1. The van der Waals surface area contributed by atoms with Crippen LogP contribution in [0.5, 0.6) is 0 Å². The Labute approximate surface area is 134 Å². The fourth-order valence-electron chi connectivity index (χ4n) is 2.07. The molecule has 0 saturated heterocycles. The first-order chi connectivity index (χ1) is 10.9. The van der Waals surface area contributed by atoms with Crippen LogP contribution in [-0.4, -0.2) is 19.9 Å². The van der Waals surface area contributed by atoms with Crippen LogP contribution in [0.3, 0.4) is 0 Å². The maximum atomic E-state index is 12.2. The normalized spacial score (nSPS) is 11.1. The minimum absolute atomic E-state index is 0.113. The number of nitrogens with one attached hydrogen (secondary N) is 1. The molecular weight excluding hydrogens is 316 g/mol. The van der Waals surface area contributed by atoms with Crippen LogP contribution in [-0.2, 0) is 10.0 Å². The first-order valence-electron chi connectivity index (χ1n) is 6.88. The molecule has 0 radical (unpaired) electrons. The second-order valence-electron chi connectivity index (χ2n) is 4.84. The minimum atomic E-state index is -3.95. The molecule has 2 rings (SSSR count). The van der Waals surface area contributed by atoms with Crippen molar-refractivity contribution in [2.45, 2.75) is 11.3 Å². The van der Waals surface area contributed by atoms with Gasteiger partial charge in [0.25, 0.3) is 5.69 Å². The molecule has 0 aliphatic heterocycles. The number of rotatable bonds is 7. The van der Waals surface area contributed by atoms with Gasteiger partial charge in [0.1, 0.15) is 0 Å². The summed E-state index contributed by atoms with van der Waals surface area (Å²) in [6.45, 7) is 4.03. The molecule has 7 heteroatoms. The second-order valence-corrected chi connectivity index (χ2v) is 6.58. The lowest BCUT2D eigenvalue weighted by atomic mass is 10.1. The van der Waals surface area contributed by atoms with Crippen molar-refractivity contribution < 1.29 is 13.3 Å². The van der Waals surface area contributed by atoms with Crippen LogP contribution >= 0.6 is 0 Å². The third-order valence-corrected chi connectivity index (χ3v) is 4.76. The molecule has 120 valence electrons. The molecule has 0 spiro atoms. The Morgan fingerprint density at radius 1 is 1.09 bits per heavy atom. The van der Waals surface area contributed by atoms with Gasteiger partial charge in [0.05, 0.1) is 4.92 Å². The van der Waals surface area contributed by atoms with Crippen molar-refractivity contribution in [2.24, 2.45) is 0 Å². The summed E-state index contributed by atoms with van der Waals surface area (Å²) in [4.78, 5) is 9.89. The molecule has 0 heterocycles. The summed E-state index contributed by atoms with van der Waals surface area (Å²) in [6, 6.07) is 14.7. The molecule has 0 unspecified atom stereocenters. The summed E-state index contributed by atoms with van der Waals surface area (Å²) < 4.78 is 26.8. The van der Waals surface area contributed by atoms with Gasteiger partial charge in [-0.25, -0.2) is 13.1 Å². The highest BCUT2D eigenvalue weighted by molar-refractivity contribution is 7.89. The molecule has 0 bridgehead atoms. The Hall–Kier alpha value is -2.51. The first-order valence-corrected chi connectivity index (χ1v) is 8.36. The monoisotopic (exact) mass is 332 g/mol. The van der Waals surface area contributed by atoms with E-state index in [1.807, 2.05) is 30.3 Å². The zero-order valence-electron chi connectivity index (χ0n) is 12.3. The lowest BCUT2D eigenvalue weighted by Gasteiger charge is -2.09. The Morgan fingerprint density at radius 2 is 1.70 bits per heavy atom. The molecular formula is C16H16N2O4S. The topological polar surface area (TPSA) is 89.3 Å². The third-order valence-electron chi connectivity index (χ3n) is 3.25. The molecule has 0 amide bonds. The summed E-state index contributed by atoms with van der Waals surface area (Å²) in [6.07, 6.45) is 0.407. The smallest absolute Gasteiger partial charge is 0.258 e. The Bertz CT molecular complexity index is 817. The fraction of sp³-hybridized carbons (Fsp3) is 0.125. The van der Waals surface area contributed by atoms with Crippen LogP contribution in [0.1, 0.15) is 12.0 Å². The number of nitro benzene ring substituents is 1. The quantitative estimate of drug-likeness (QED) is 0.623. The summed E-state index contributed by atoms with van der Waals surface area (Å²) in [5.41, 5.74) is 1.27. The van der Waals surface area contributed by atoms with Crippen molar-refractivity contribution in [3.8, 4) is 0 Å². The van der Waals surface area contributed by atoms with Gasteiger partial charge >= 0.3 is 0 Å². The van der Waals surface area contributed by atoms with Gasteiger partial charge in [-0.1, -0.05) is 49.0 Å². The molecule has 0 aliphatic carbocycles. The van der Waals surface area contributed by atoms with Gasteiger partial charge in [0.2, 0.25) is 10.0 Å². The van der Waals surface area contributed by atoms with Crippen molar-refractivity contribution in [1.82, 2.24) is 4.72 Å². The summed E-state index contributed by atoms with van der Waals surface area (Å²) >= 11 is 0. The van der Waals surface area contributed by atoms with E-state index >= 15 is 0 Å². The lowest BCUT2D eigenvalue weighted by molar-refractivity contribution is -0.387. The molecule has 0 aromatic heterocycles. The lowest BCUT2D eigenvalue weighted by Crippen LogP contribution is -2.25. The predicted molar refractivity (Wildman–Crippen MR) is 88.4 cm³/mol. The number of sulfonamides is 1. The van der Waals surface area contributed by atoms with E-state index in [0.29, 0.717) is 6.42 Å². The van der Waals surface area contributed by atoms with Gasteiger partial charge in [-0.2, -0.15) is 0 Å². The van der Waals surface area contributed by atoms with E-state index in [0.717, 1.165) is 17.2 Å². The molecule has 23 heavy (non-hydrogen) atoms. The van der Waals surface area contributed by atoms with E-state index in [4.69, 9.17) is 0 Å². The summed E-state index contributed by atoms with van der Waals surface area (Å²) in [7, 11) is -3.95. The summed E-state index contributed by atoms with van der Waals surface area (Å²) in [5.74, 6) is 0. The highest BCUT2D eigenvalue weighted by atomic mass is 32.2. The van der Waals surface area contributed by atoms with Crippen LogP contribution in [0, 0.1) is 10.1 Å².